The molecule has 0 bridgehead atoms. The highest BCUT2D eigenvalue weighted by Gasteiger charge is 2.64. The number of halogens is 3. The van der Waals surface area contributed by atoms with Crippen LogP contribution >= 0.6 is 0 Å². The van der Waals surface area contributed by atoms with Gasteiger partial charge in [0.1, 0.15) is 0 Å². The highest BCUT2D eigenvalue weighted by molar-refractivity contribution is 5.98. The molecule has 108 valence electrons. The fourth-order valence-corrected chi connectivity index (χ4v) is 2.15. The van der Waals surface area contributed by atoms with Crippen molar-refractivity contribution in [2.45, 2.75) is 31.2 Å². The lowest BCUT2D eigenvalue weighted by molar-refractivity contribution is -0.297. The zero-order chi connectivity index (χ0) is 14.5. The average molecular weight is 288 g/mol. The van der Waals surface area contributed by atoms with E-state index in [0.29, 0.717) is 0 Å². The van der Waals surface area contributed by atoms with Gasteiger partial charge in [-0.25, -0.2) is 0 Å². The van der Waals surface area contributed by atoms with E-state index in [0.717, 1.165) is 12.8 Å². The number of amides is 1. The van der Waals surface area contributed by atoms with Gasteiger partial charge in [0, 0.05) is 12.1 Å². The molecule has 0 aromatic carbocycles. The lowest BCUT2D eigenvalue weighted by atomic mass is 10.0. The zero-order valence-corrected chi connectivity index (χ0v) is 10.2. The van der Waals surface area contributed by atoms with E-state index in [1.54, 1.807) is 0 Å². The van der Waals surface area contributed by atoms with Gasteiger partial charge in [-0.15, -0.1) is 0 Å². The number of hydrogen-bond donors (Lipinski definition) is 1. The Morgan fingerprint density at radius 3 is 2.70 bits per heavy atom. The van der Waals surface area contributed by atoms with Crippen molar-refractivity contribution in [3.63, 3.8) is 0 Å². The van der Waals surface area contributed by atoms with Crippen LogP contribution in [-0.2, 0) is 0 Å². The molecule has 1 fully saturated rings. The monoisotopic (exact) mass is 288 g/mol. The molecule has 1 aliphatic carbocycles. The first kappa shape index (κ1) is 13.2. The SMILES string of the molecule is O=C(c1ccco1)N1N=C(C2CC2)CC1(O)C(F)(F)F. The molecule has 2 heterocycles. The summed E-state index contributed by atoms with van der Waals surface area (Å²) in [7, 11) is 0. The van der Waals surface area contributed by atoms with E-state index in [-0.39, 0.29) is 22.4 Å². The number of rotatable bonds is 2. The van der Waals surface area contributed by atoms with Crippen LogP contribution in [0.5, 0.6) is 0 Å². The van der Waals surface area contributed by atoms with Gasteiger partial charge in [-0.3, -0.25) is 4.79 Å². The number of alkyl halides is 3. The molecule has 0 saturated heterocycles. The molecule has 1 amide bonds. The van der Waals surface area contributed by atoms with E-state index in [1.165, 1.54) is 18.4 Å². The third-order valence-electron chi connectivity index (χ3n) is 3.43. The average Bonchev–Trinajstić information content (AvgIpc) is 2.94. The second kappa shape index (κ2) is 4.08. The Bertz CT molecular complexity index is 563. The summed E-state index contributed by atoms with van der Waals surface area (Å²) in [4.78, 5) is 12.0. The molecule has 1 atom stereocenters. The summed E-state index contributed by atoms with van der Waals surface area (Å²) >= 11 is 0. The van der Waals surface area contributed by atoms with Gasteiger partial charge >= 0.3 is 12.1 Å². The lowest BCUT2D eigenvalue weighted by Crippen LogP contribution is -2.56. The van der Waals surface area contributed by atoms with Gasteiger partial charge in [-0.2, -0.15) is 23.3 Å². The summed E-state index contributed by atoms with van der Waals surface area (Å²) in [6.07, 6.45) is -3.06. The molecule has 1 aliphatic heterocycles. The minimum Gasteiger partial charge on any atom is -0.459 e. The van der Waals surface area contributed by atoms with Crippen LogP contribution in [0.4, 0.5) is 13.2 Å². The fourth-order valence-electron chi connectivity index (χ4n) is 2.15. The second-order valence-corrected chi connectivity index (χ2v) is 4.95. The molecule has 20 heavy (non-hydrogen) atoms. The maximum Gasteiger partial charge on any atom is 0.438 e. The predicted molar refractivity (Wildman–Crippen MR) is 60.7 cm³/mol. The van der Waals surface area contributed by atoms with E-state index in [9.17, 15) is 23.1 Å². The van der Waals surface area contributed by atoms with E-state index in [4.69, 9.17) is 4.42 Å². The van der Waals surface area contributed by atoms with Crippen molar-refractivity contribution in [3.8, 4) is 0 Å². The number of nitrogens with zero attached hydrogens (tertiary/aromatic N) is 2. The van der Waals surface area contributed by atoms with Crippen molar-refractivity contribution < 1.29 is 27.5 Å². The van der Waals surface area contributed by atoms with Crippen molar-refractivity contribution in [2.75, 3.05) is 0 Å². The number of carbonyl (C=O) groups is 1. The first-order valence-electron chi connectivity index (χ1n) is 6.07. The Balaban J connectivity index is 1.97. The van der Waals surface area contributed by atoms with Gasteiger partial charge in [0.25, 0.3) is 5.72 Å². The molecule has 0 spiro atoms. The van der Waals surface area contributed by atoms with Crippen LogP contribution < -0.4 is 0 Å². The third kappa shape index (κ3) is 1.91. The normalized spacial score (nSPS) is 26.8. The summed E-state index contributed by atoms with van der Waals surface area (Å²) in [5, 5.41) is 13.7. The van der Waals surface area contributed by atoms with Gasteiger partial charge in [0.2, 0.25) is 0 Å². The molecule has 3 rings (SSSR count). The van der Waals surface area contributed by atoms with Crippen molar-refractivity contribution in [2.24, 2.45) is 11.0 Å². The topological polar surface area (TPSA) is 66.0 Å². The van der Waals surface area contributed by atoms with Crippen molar-refractivity contribution in [3.05, 3.63) is 24.2 Å². The Labute approximate surface area is 111 Å². The Morgan fingerprint density at radius 2 is 2.20 bits per heavy atom. The van der Waals surface area contributed by atoms with Crippen LogP contribution in [0.25, 0.3) is 0 Å². The lowest BCUT2D eigenvalue weighted by Gasteiger charge is -2.32. The number of aliphatic hydroxyl groups is 1. The smallest absolute Gasteiger partial charge is 0.438 e. The van der Waals surface area contributed by atoms with Crippen LogP contribution in [0, 0.1) is 5.92 Å². The molecular formula is C12H11F3N2O3. The zero-order valence-electron chi connectivity index (χ0n) is 10.2. The molecule has 8 heteroatoms. The van der Waals surface area contributed by atoms with Crippen molar-refractivity contribution in [1.82, 2.24) is 5.01 Å². The predicted octanol–water partition coefficient (Wildman–Crippen LogP) is 2.14. The maximum absolute atomic E-state index is 13.1. The van der Waals surface area contributed by atoms with Crippen LogP contribution in [0.3, 0.4) is 0 Å². The quantitative estimate of drug-likeness (QED) is 0.906. The highest BCUT2D eigenvalue weighted by atomic mass is 19.4. The van der Waals surface area contributed by atoms with Crippen LogP contribution in [0.2, 0.25) is 0 Å². The van der Waals surface area contributed by atoms with E-state index in [2.05, 4.69) is 5.10 Å². The minimum atomic E-state index is -4.99. The standard InChI is InChI=1S/C12H11F3N2O3/c13-12(14,15)11(19)6-8(7-3-4-7)16-17(11)10(18)9-2-1-5-20-9/h1-2,5,7,19H,3-4,6H2. The molecule has 1 aromatic heterocycles. The van der Waals surface area contributed by atoms with Crippen LogP contribution in [0.1, 0.15) is 29.8 Å². The molecule has 1 saturated carbocycles. The Kier molecular flexibility index (Phi) is 2.69. The van der Waals surface area contributed by atoms with Crippen LogP contribution in [-0.4, -0.2) is 33.6 Å². The largest absolute Gasteiger partial charge is 0.459 e. The number of hydrazone groups is 1. The molecule has 1 N–H and O–H groups in total. The number of carbonyl (C=O) groups excluding carboxylic acids is 1. The fraction of sp³-hybridized carbons (Fsp3) is 0.500. The second-order valence-electron chi connectivity index (χ2n) is 4.95. The number of hydrogen-bond acceptors (Lipinski definition) is 4. The van der Waals surface area contributed by atoms with E-state index >= 15 is 0 Å². The summed E-state index contributed by atoms with van der Waals surface area (Å²) < 4.78 is 44.1. The summed E-state index contributed by atoms with van der Waals surface area (Å²) in [6.45, 7) is 0. The summed E-state index contributed by atoms with van der Waals surface area (Å²) in [5.41, 5.74) is -3.08. The van der Waals surface area contributed by atoms with Crippen LogP contribution in [0.15, 0.2) is 27.9 Å². The van der Waals surface area contributed by atoms with E-state index in [1.807, 2.05) is 0 Å². The third-order valence-corrected chi connectivity index (χ3v) is 3.43. The van der Waals surface area contributed by atoms with Crippen molar-refractivity contribution in [1.29, 1.82) is 0 Å². The molecular weight excluding hydrogens is 277 g/mol. The first-order chi connectivity index (χ1) is 9.33. The van der Waals surface area contributed by atoms with Gasteiger partial charge in [0.15, 0.2) is 5.76 Å². The van der Waals surface area contributed by atoms with Crippen molar-refractivity contribution >= 4 is 11.6 Å². The molecule has 0 radical (unpaired) electrons. The van der Waals surface area contributed by atoms with Gasteiger partial charge in [-0.1, -0.05) is 0 Å². The summed E-state index contributed by atoms with van der Waals surface area (Å²) in [6, 6.07) is 2.60. The van der Waals surface area contributed by atoms with E-state index < -0.39 is 24.2 Å². The maximum atomic E-state index is 13.1. The minimum absolute atomic E-state index is 0.0710. The molecule has 2 aliphatic rings. The summed E-state index contributed by atoms with van der Waals surface area (Å²) in [5.74, 6) is -1.47. The highest BCUT2D eigenvalue weighted by Crippen LogP contribution is 2.45. The Hall–Kier alpha value is -1.83. The molecule has 5 nitrogen and oxygen atoms in total. The Morgan fingerprint density at radius 1 is 1.50 bits per heavy atom. The van der Waals surface area contributed by atoms with Gasteiger partial charge in [0.05, 0.1) is 6.26 Å². The molecule has 1 unspecified atom stereocenters. The first-order valence-corrected chi connectivity index (χ1v) is 6.07. The molecule has 1 aromatic rings. The number of furan rings is 1. The van der Waals surface area contributed by atoms with Gasteiger partial charge < -0.3 is 9.52 Å². The van der Waals surface area contributed by atoms with Gasteiger partial charge in [-0.05, 0) is 30.9 Å².